The third-order valence-corrected chi connectivity index (χ3v) is 22.9. The highest BCUT2D eigenvalue weighted by atomic mass is 19.1. The van der Waals surface area contributed by atoms with Gasteiger partial charge in [-0.05, 0) is 205 Å². The fraction of sp³-hybridized carbons (Fsp3) is 0.444. The Morgan fingerprint density at radius 2 is 0.417 bits per heavy atom. The first-order valence-corrected chi connectivity index (χ1v) is 47.7. The highest BCUT2D eigenvalue weighted by molar-refractivity contribution is 6.29. The Kier molecular flexibility index (Phi) is 42.5. The van der Waals surface area contributed by atoms with Crippen LogP contribution in [0.4, 0.5) is 26.3 Å². The van der Waals surface area contributed by atoms with Crippen molar-refractivity contribution >= 4 is 68.1 Å². The van der Waals surface area contributed by atoms with E-state index in [1.165, 1.54) is 103 Å². The molecular formula is C108H126F6O18. The van der Waals surface area contributed by atoms with Crippen molar-refractivity contribution in [2.24, 2.45) is 0 Å². The molecular weight excluding hydrogens is 1700 g/mol. The van der Waals surface area contributed by atoms with E-state index < -0.39 is 122 Å². The first kappa shape index (κ1) is 102. The third-order valence-electron chi connectivity index (χ3n) is 22.9. The first-order chi connectivity index (χ1) is 64.2. The lowest BCUT2D eigenvalue weighted by atomic mass is 9.92. The van der Waals surface area contributed by atoms with Gasteiger partial charge in [0.2, 0.25) is 5.75 Å². The number of hydrogen-bond donors (Lipinski definition) is 0. The summed E-state index contributed by atoms with van der Waals surface area (Å²) in [4.78, 5) is 90.6. The molecule has 10 aromatic carbocycles. The molecule has 24 heteroatoms. The fourth-order valence-corrected chi connectivity index (χ4v) is 15.4. The van der Waals surface area contributed by atoms with Crippen LogP contribution in [-0.4, -0.2) is 75.5 Å². The van der Waals surface area contributed by atoms with Crippen LogP contribution in [0.5, 0.6) is 69.0 Å². The van der Waals surface area contributed by atoms with Crippen molar-refractivity contribution in [3.63, 3.8) is 0 Å². The average molecular weight is 1830 g/mol. The normalized spacial score (nSPS) is 11.3. The second-order valence-corrected chi connectivity index (χ2v) is 33.4. The van der Waals surface area contributed by atoms with E-state index >= 15 is 45.5 Å². The SMILES string of the molecule is CCCCCCCCOc1ccc(C(=O)Oc2ccc3c(c2)c2cc(OC(=O)c4ccc(OCCCCCCCC)c(F)c4)c(OC(=O)c4ccc(OCCCCCCCC)c(F)c4)cc2c2c(OC(=O)c4ccc(OCCCCCCCC)c(F)c4)c(OC(=O)c4ccc(OCCCCCCCC)c(F)c4)c(OC(=O)c4ccc(OCCCCCCCC)c(F)c4)cc32)cc1F. The van der Waals surface area contributed by atoms with Gasteiger partial charge in [0, 0.05) is 5.39 Å². The summed E-state index contributed by atoms with van der Waals surface area (Å²) in [5, 5.41) is -0.688. The molecule has 0 bridgehead atoms. The largest absolute Gasteiger partial charge is 0.491 e. The van der Waals surface area contributed by atoms with Crippen molar-refractivity contribution in [3.8, 4) is 69.0 Å². The van der Waals surface area contributed by atoms with Crippen molar-refractivity contribution < 1.29 is 112 Å². The Labute approximate surface area is 771 Å². The standard InChI is InChI=1S/C108H126F6O18/c1-7-13-19-25-31-37-57-121-91-51-43-73(63-85(91)109)103(115)127-79-49-50-80-81(69-79)82-70-97(128-104(116)74-44-52-92(86(110)64-74)122-58-38-32-26-20-14-8-2)98(129-105(117)75-45-53-93(87(111)65-75)123-59-39-33-27-21-15-9-3)71-84(82)100-83(80)72-99(130-106(118)76-46-54-94(88(112)66-76)124-60-40-34-28-22-16-10-4)101(131-107(119)77-47-55-95(89(113)67-77)125-61-41-35-29-23-17-11-5)102(100)132-108(120)78-48-56-96(90(114)68-78)126-62-42-36-30-24-18-12-6/h43-56,63-72H,7-42,57-62H2,1-6H3. The van der Waals surface area contributed by atoms with E-state index in [4.69, 9.17) is 56.8 Å². The molecule has 0 aliphatic carbocycles. The van der Waals surface area contributed by atoms with Gasteiger partial charge in [0.25, 0.3) is 0 Å². The Morgan fingerprint density at radius 3 is 0.697 bits per heavy atom. The van der Waals surface area contributed by atoms with Crippen molar-refractivity contribution in [1.29, 1.82) is 0 Å². The molecule has 0 heterocycles. The molecule has 0 amide bonds. The number of esters is 6. The highest BCUT2D eigenvalue weighted by Crippen LogP contribution is 2.53. The lowest BCUT2D eigenvalue weighted by molar-refractivity contribution is 0.0658. The maximum absolute atomic E-state index is 16.7. The van der Waals surface area contributed by atoms with Crippen molar-refractivity contribution in [2.75, 3.05) is 39.6 Å². The molecule has 10 rings (SSSR count). The van der Waals surface area contributed by atoms with E-state index in [9.17, 15) is 9.59 Å². The second-order valence-electron chi connectivity index (χ2n) is 33.4. The van der Waals surface area contributed by atoms with Gasteiger partial charge in [0.05, 0.1) is 73.0 Å². The molecule has 0 N–H and O–H groups in total. The molecule has 0 aromatic heterocycles. The van der Waals surface area contributed by atoms with Crippen molar-refractivity contribution in [2.45, 2.75) is 273 Å². The van der Waals surface area contributed by atoms with Crippen LogP contribution in [0.25, 0.3) is 32.3 Å². The summed E-state index contributed by atoms with van der Waals surface area (Å²) in [6.07, 6.45) is 33.4. The van der Waals surface area contributed by atoms with Crippen molar-refractivity contribution in [1.82, 2.24) is 0 Å². The quantitative estimate of drug-likeness (QED) is 0.0114. The summed E-state index contributed by atoms with van der Waals surface area (Å²) >= 11 is 0. The van der Waals surface area contributed by atoms with Gasteiger partial charge in [-0.2, -0.15) is 0 Å². The Hall–Kier alpha value is -11.8. The van der Waals surface area contributed by atoms with Gasteiger partial charge in [-0.3, -0.25) is 0 Å². The number of rotatable bonds is 60. The number of ether oxygens (including phenoxy) is 12. The van der Waals surface area contributed by atoms with Crippen LogP contribution in [0, 0.1) is 34.9 Å². The lowest BCUT2D eigenvalue weighted by Gasteiger charge is -2.21. The molecule has 10 aromatic rings. The fourth-order valence-electron chi connectivity index (χ4n) is 15.4. The second kappa shape index (κ2) is 54.9. The molecule has 0 spiro atoms. The van der Waals surface area contributed by atoms with Gasteiger partial charge < -0.3 is 56.8 Å². The molecule has 0 radical (unpaired) electrons. The molecule has 0 fully saturated rings. The van der Waals surface area contributed by atoms with Gasteiger partial charge in [0.1, 0.15) is 5.75 Å². The predicted octanol–water partition coefficient (Wildman–Crippen LogP) is 29.7. The maximum atomic E-state index is 16.7. The molecule has 0 aliphatic heterocycles. The molecule has 132 heavy (non-hydrogen) atoms. The number of fused-ring (bicyclic) bond motifs is 6. The zero-order valence-electron chi connectivity index (χ0n) is 77.2. The van der Waals surface area contributed by atoms with Crippen LogP contribution in [0.15, 0.2) is 146 Å². The van der Waals surface area contributed by atoms with Crippen LogP contribution in [0.2, 0.25) is 0 Å². The topological polar surface area (TPSA) is 213 Å². The van der Waals surface area contributed by atoms with Crippen LogP contribution >= 0.6 is 0 Å². The molecule has 0 unspecified atom stereocenters. The summed E-state index contributed by atoms with van der Waals surface area (Å²) in [5.41, 5.74) is -2.39. The number of unbranched alkanes of at least 4 members (excludes halogenated alkanes) is 30. The summed E-state index contributed by atoms with van der Waals surface area (Å²) in [7, 11) is 0. The van der Waals surface area contributed by atoms with E-state index in [0.29, 0.717) is 38.5 Å². The monoisotopic (exact) mass is 1820 g/mol. The van der Waals surface area contributed by atoms with Gasteiger partial charge >= 0.3 is 35.8 Å². The maximum Gasteiger partial charge on any atom is 0.343 e. The van der Waals surface area contributed by atoms with Gasteiger partial charge in [0.15, 0.2) is 92.4 Å². The molecule has 708 valence electrons. The minimum Gasteiger partial charge on any atom is -0.491 e. The average Bonchev–Trinajstić information content (AvgIpc) is 0.713. The Balaban J connectivity index is 1.20. The van der Waals surface area contributed by atoms with Crippen LogP contribution in [0.1, 0.15) is 335 Å². The number of benzene rings is 10. The summed E-state index contributed by atoms with van der Waals surface area (Å²) in [5.74, 6) is -18.3. The number of carbonyl (C=O) groups is 6. The van der Waals surface area contributed by atoms with Crippen LogP contribution < -0.4 is 56.8 Å². The molecule has 0 atom stereocenters. The van der Waals surface area contributed by atoms with Gasteiger partial charge in [-0.25, -0.2) is 55.1 Å². The van der Waals surface area contributed by atoms with E-state index in [1.807, 2.05) is 0 Å². The zero-order valence-corrected chi connectivity index (χ0v) is 77.2. The van der Waals surface area contributed by atoms with Crippen LogP contribution in [0.3, 0.4) is 0 Å². The Bertz CT molecular complexity index is 5460. The first-order valence-electron chi connectivity index (χ1n) is 47.7. The predicted molar refractivity (Wildman–Crippen MR) is 500 cm³/mol. The Morgan fingerprint density at radius 1 is 0.197 bits per heavy atom. The number of hydrogen-bond acceptors (Lipinski definition) is 18. The molecule has 0 saturated heterocycles. The van der Waals surface area contributed by atoms with Crippen LogP contribution in [-0.2, 0) is 0 Å². The van der Waals surface area contributed by atoms with Gasteiger partial charge in [-0.15, -0.1) is 0 Å². The molecule has 0 aliphatic rings. The molecule has 18 nitrogen and oxygen atoms in total. The number of halogens is 6. The third kappa shape index (κ3) is 30.9. The van der Waals surface area contributed by atoms with Gasteiger partial charge in [-0.1, -0.05) is 240 Å². The smallest absolute Gasteiger partial charge is 0.343 e. The highest BCUT2D eigenvalue weighted by Gasteiger charge is 2.32. The minimum absolute atomic E-state index is 0.0185. The minimum atomic E-state index is -1.38. The summed E-state index contributed by atoms with van der Waals surface area (Å²) in [6, 6.07) is 27.7. The van der Waals surface area contributed by atoms with Crippen molar-refractivity contribution in [3.05, 3.63) is 214 Å². The summed E-state index contributed by atoms with van der Waals surface area (Å²) in [6.45, 7) is 13.6. The van der Waals surface area contributed by atoms with E-state index in [0.717, 1.165) is 235 Å². The molecule has 0 saturated carbocycles. The zero-order chi connectivity index (χ0) is 93.9. The number of carbonyl (C=O) groups excluding carboxylic acids is 6. The van der Waals surface area contributed by atoms with E-state index in [2.05, 4.69) is 41.5 Å². The van der Waals surface area contributed by atoms with E-state index in [1.54, 1.807) is 0 Å². The van der Waals surface area contributed by atoms with E-state index in [-0.39, 0.29) is 123 Å². The lowest BCUT2D eigenvalue weighted by Crippen LogP contribution is -2.16. The summed E-state index contributed by atoms with van der Waals surface area (Å²) < 4.78 is 171.